The molecule has 0 aliphatic heterocycles. The number of fused-ring (bicyclic) bond motifs is 1. The molecule has 3 N–H and O–H groups in total. The highest BCUT2D eigenvalue weighted by Crippen LogP contribution is 2.31. The van der Waals surface area contributed by atoms with Gasteiger partial charge in [0.05, 0.1) is 6.04 Å². The summed E-state index contributed by atoms with van der Waals surface area (Å²) in [5, 5.41) is 7.35. The van der Waals surface area contributed by atoms with Crippen LogP contribution in [0.2, 0.25) is 0 Å². The van der Waals surface area contributed by atoms with Gasteiger partial charge in [0.2, 0.25) is 11.9 Å². The van der Waals surface area contributed by atoms with Gasteiger partial charge in [-0.3, -0.25) is 0 Å². The van der Waals surface area contributed by atoms with Crippen molar-refractivity contribution in [3.63, 3.8) is 0 Å². The average Bonchev–Trinajstić information content (AvgIpc) is 2.90. The molecule has 3 aromatic rings. The van der Waals surface area contributed by atoms with Gasteiger partial charge in [-0.2, -0.15) is 15.0 Å². The molecular formula is C14H15N5S2. The molecule has 0 aliphatic carbocycles. The Kier molecular flexibility index (Phi) is 3.94. The van der Waals surface area contributed by atoms with Gasteiger partial charge in [-0.05, 0) is 35.6 Å². The first kappa shape index (κ1) is 14.1. The van der Waals surface area contributed by atoms with Crippen LogP contribution in [0.1, 0.15) is 18.5 Å². The summed E-state index contributed by atoms with van der Waals surface area (Å²) in [6.45, 7) is 2.09. The van der Waals surface area contributed by atoms with Gasteiger partial charge < -0.3 is 11.1 Å². The molecule has 1 aromatic carbocycles. The Morgan fingerprint density at radius 2 is 2.05 bits per heavy atom. The Morgan fingerprint density at radius 1 is 1.24 bits per heavy atom. The van der Waals surface area contributed by atoms with E-state index in [1.165, 1.54) is 27.4 Å². The van der Waals surface area contributed by atoms with E-state index in [0.717, 1.165) is 0 Å². The van der Waals surface area contributed by atoms with Gasteiger partial charge in [0.1, 0.15) is 0 Å². The second-order valence-electron chi connectivity index (χ2n) is 4.56. The van der Waals surface area contributed by atoms with Crippen LogP contribution < -0.4 is 11.1 Å². The van der Waals surface area contributed by atoms with Crippen molar-refractivity contribution in [3.8, 4) is 0 Å². The quantitative estimate of drug-likeness (QED) is 0.716. The number of anilines is 2. The molecule has 3 rings (SSSR count). The monoisotopic (exact) mass is 317 g/mol. The summed E-state index contributed by atoms with van der Waals surface area (Å²) in [7, 11) is 0. The lowest BCUT2D eigenvalue weighted by Gasteiger charge is -2.13. The molecule has 0 aliphatic rings. The molecule has 0 saturated heterocycles. The van der Waals surface area contributed by atoms with Crippen LogP contribution in [0.25, 0.3) is 10.1 Å². The van der Waals surface area contributed by atoms with Crippen molar-refractivity contribution in [3.05, 3.63) is 35.2 Å². The highest BCUT2D eigenvalue weighted by atomic mass is 32.2. The predicted molar refractivity (Wildman–Crippen MR) is 89.9 cm³/mol. The van der Waals surface area contributed by atoms with Gasteiger partial charge >= 0.3 is 0 Å². The number of hydrogen-bond donors (Lipinski definition) is 2. The first-order chi connectivity index (χ1) is 10.2. The molecule has 5 nitrogen and oxygen atoms in total. The number of hydrogen-bond acceptors (Lipinski definition) is 7. The van der Waals surface area contributed by atoms with Crippen LogP contribution in [0.15, 0.2) is 34.8 Å². The van der Waals surface area contributed by atoms with Crippen molar-refractivity contribution in [1.82, 2.24) is 15.0 Å². The molecular weight excluding hydrogens is 302 g/mol. The van der Waals surface area contributed by atoms with E-state index in [1.54, 1.807) is 11.3 Å². The molecule has 0 spiro atoms. The molecule has 1 atom stereocenters. The first-order valence-corrected chi connectivity index (χ1v) is 8.56. The molecule has 21 heavy (non-hydrogen) atoms. The Labute approximate surface area is 131 Å². The fourth-order valence-corrected chi connectivity index (χ4v) is 3.55. The standard InChI is InChI=1S/C14H15N5S2/c1-8(10-7-21-11-6-4-3-5-9(10)11)16-13-17-12(15)18-14(19-13)20-2/h3-8H,1-2H3,(H3,15,16,17,18,19). The Balaban J connectivity index is 1.89. The minimum Gasteiger partial charge on any atom is -0.368 e. The topological polar surface area (TPSA) is 76.7 Å². The van der Waals surface area contributed by atoms with Gasteiger partial charge in [-0.1, -0.05) is 30.0 Å². The second-order valence-corrected chi connectivity index (χ2v) is 6.24. The van der Waals surface area contributed by atoms with Gasteiger partial charge in [-0.15, -0.1) is 11.3 Å². The number of nitrogens with one attached hydrogen (secondary N) is 1. The number of thioether (sulfide) groups is 1. The second kappa shape index (κ2) is 5.87. The van der Waals surface area contributed by atoms with Gasteiger partial charge in [0.15, 0.2) is 5.16 Å². The number of nitrogens with two attached hydrogens (primary N) is 1. The number of nitrogens with zero attached hydrogens (tertiary/aromatic N) is 3. The Morgan fingerprint density at radius 3 is 2.86 bits per heavy atom. The smallest absolute Gasteiger partial charge is 0.228 e. The van der Waals surface area contributed by atoms with E-state index in [9.17, 15) is 0 Å². The number of rotatable bonds is 4. The van der Waals surface area contributed by atoms with Crippen LogP contribution in [0, 0.1) is 0 Å². The third-order valence-electron chi connectivity index (χ3n) is 3.14. The molecule has 0 bridgehead atoms. The van der Waals surface area contributed by atoms with Gasteiger partial charge in [-0.25, -0.2) is 0 Å². The third-order valence-corrected chi connectivity index (χ3v) is 4.67. The van der Waals surface area contributed by atoms with Crippen LogP contribution in [0.4, 0.5) is 11.9 Å². The molecule has 0 saturated carbocycles. The maximum Gasteiger partial charge on any atom is 0.228 e. The van der Waals surface area contributed by atoms with Crippen molar-refractivity contribution < 1.29 is 0 Å². The maximum atomic E-state index is 5.71. The summed E-state index contributed by atoms with van der Waals surface area (Å²) in [6, 6.07) is 8.46. The number of aromatic nitrogens is 3. The summed E-state index contributed by atoms with van der Waals surface area (Å²) in [6.07, 6.45) is 1.91. The van der Waals surface area contributed by atoms with Crippen LogP contribution >= 0.6 is 23.1 Å². The summed E-state index contributed by atoms with van der Waals surface area (Å²) in [4.78, 5) is 12.5. The van der Waals surface area contributed by atoms with Crippen molar-refractivity contribution in [2.75, 3.05) is 17.3 Å². The predicted octanol–water partition coefficient (Wildman–Crippen LogP) is 3.56. The minimum atomic E-state index is 0.0951. The van der Waals surface area contributed by atoms with E-state index >= 15 is 0 Å². The molecule has 0 fully saturated rings. The normalized spacial score (nSPS) is 12.5. The van der Waals surface area contributed by atoms with Crippen LogP contribution in [0.5, 0.6) is 0 Å². The molecule has 0 amide bonds. The molecule has 0 radical (unpaired) electrons. The van der Waals surface area contributed by atoms with E-state index in [2.05, 4.69) is 56.8 Å². The van der Waals surface area contributed by atoms with E-state index in [4.69, 9.17) is 5.73 Å². The van der Waals surface area contributed by atoms with E-state index in [1.807, 2.05) is 6.26 Å². The zero-order valence-corrected chi connectivity index (χ0v) is 13.3. The van der Waals surface area contributed by atoms with Gasteiger partial charge in [0.25, 0.3) is 0 Å². The molecule has 2 aromatic heterocycles. The lowest BCUT2D eigenvalue weighted by molar-refractivity contribution is 0.838. The summed E-state index contributed by atoms with van der Waals surface area (Å²) < 4.78 is 1.28. The summed E-state index contributed by atoms with van der Waals surface area (Å²) in [5.41, 5.74) is 6.94. The number of nitrogen functional groups attached to an aromatic ring is 1. The molecule has 108 valence electrons. The van der Waals surface area contributed by atoms with Crippen LogP contribution in [-0.4, -0.2) is 21.2 Å². The number of benzene rings is 1. The third kappa shape index (κ3) is 2.93. The Bertz CT molecular complexity index is 771. The van der Waals surface area contributed by atoms with Crippen molar-refractivity contribution >= 4 is 45.1 Å². The van der Waals surface area contributed by atoms with Crippen LogP contribution in [-0.2, 0) is 0 Å². The largest absolute Gasteiger partial charge is 0.368 e. The highest BCUT2D eigenvalue weighted by molar-refractivity contribution is 7.98. The minimum absolute atomic E-state index is 0.0951. The van der Waals surface area contributed by atoms with Crippen LogP contribution in [0.3, 0.4) is 0 Å². The fraction of sp³-hybridized carbons (Fsp3) is 0.214. The summed E-state index contributed by atoms with van der Waals surface area (Å²) in [5.74, 6) is 0.744. The van der Waals surface area contributed by atoms with E-state index < -0.39 is 0 Å². The van der Waals surface area contributed by atoms with Crippen molar-refractivity contribution in [2.24, 2.45) is 0 Å². The highest BCUT2D eigenvalue weighted by Gasteiger charge is 2.13. The first-order valence-electron chi connectivity index (χ1n) is 6.45. The number of thiophene rings is 1. The zero-order valence-electron chi connectivity index (χ0n) is 11.7. The van der Waals surface area contributed by atoms with Crippen molar-refractivity contribution in [2.45, 2.75) is 18.1 Å². The van der Waals surface area contributed by atoms with Gasteiger partial charge in [0, 0.05) is 4.70 Å². The summed E-state index contributed by atoms with van der Waals surface area (Å²) >= 11 is 3.19. The lowest BCUT2D eigenvalue weighted by Crippen LogP contribution is -2.11. The average molecular weight is 317 g/mol. The lowest BCUT2D eigenvalue weighted by atomic mass is 10.1. The van der Waals surface area contributed by atoms with E-state index in [-0.39, 0.29) is 12.0 Å². The fourth-order valence-electron chi connectivity index (χ4n) is 2.13. The van der Waals surface area contributed by atoms with Crippen molar-refractivity contribution in [1.29, 1.82) is 0 Å². The van der Waals surface area contributed by atoms with E-state index in [0.29, 0.717) is 11.1 Å². The zero-order chi connectivity index (χ0) is 14.8. The Hall–Kier alpha value is -1.86. The SMILES string of the molecule is CSc1nc(N)nc(NC(C)c2csc3ccccc23)n1. The maximum absolute atomic E-state index is 5.71. The molecule has 2 heterocycles. The molecule has 7 heteroatoms. The molecule has 1 unspecified atom stereocenters.